The fourth-order valence-corrected chi connectivity index (χ4v) is 2.22. The van der Waals surface area contributed by atoms with Crippen LogP contribution in [0.2, 0.25) is 0 Å². The van der Waals surface area contributed by atoms with E-state index in [1.54, 1.807) is 0 Å². The predicted molar refractivity (Wildman–Crippen MR) is 97.7 cm³/mol. The first-order chi connectivity index (χ1) is 11.7. The Bertz CT molecular complexity index is 316. The molecule has 0 bridgehead atoms. The van der Waals surface area contributed by atoms with Gasteiger partial charge in [0, 0.05) is 12.8 Å². The van der Waals surface area contributed by atoms with Gasteiger partial charge in [0.1, 0.15) is 0 Å². The number of ether oxygens (including phenoxy) is 2. The largest absolute Gasteiger partial charge is 0.466 e. The molecule has 0 amide bonds. The molecular formula is C20H34O4. The highest BCUT2D eigenvalue weighted by molar-refractivity contribution is 5.69. The summed E-state index contributed by atoms with van der Waals surface area (Å²) in [6.07, 6.45) is 14.2. The lowest BCUT2D eigenvalue weighted by Gasteiger charge is -2.05. The molecule has 0 saturated carbocycles. The van der Waals surface area contributed by atoms with Crippen molar-refractivity contribution in [1.82, 2.24) is 0 Å². The number of hydrogen-bond acceptors (Lipinski definition) is 4. The predicted octanol–water partition coefficient (Wildman–Crippen LogP) is 5.13. The lowest BCUT2D eigenvalue weighted by Crippen LogP contribution is -2.05. The zero-order chi connectivity index (χ0) is 17.9. The SMILES string of the molecule is C=CCCCOC(=O)CCCCCCCCC(=O)OCCCC=C. The third-order valence-corrected chi connectivity index (χ3v) is 3.64. The van der Waals surface area contributed by atoms with Crippen LogP contribution >= 0.6 is 0 Å². The average Bonchev–Trinajstić information content (AvgIpc) is 2.58. The minimum atomic E-state index is -0.0988. The van der Waals surface area contributed by atoms with E-state index >= 15 is 0 Å². The van der Waals surface area contributed by atoms with Crippen LogP contribution in [0.15, 0.2) is 25.3 Å². The average molecular weight is 338 g/mol. The Labute approximate surface area is 147 Å². The number of carbonyl (C=O) groups is 2. The monoisotopic (exact) mass is 338 g/mol. The first-order valence-electron chi connectivity index (χ1n) is 9.23. The van der Waals surface area contributed by atoms with Crippen LogP contribution < -0.4 is 0 Å². The summed E-state index contributed by atoms with van der Waals surface area (Å²) < 4.78 is 10.2. The van der Waals surface area contributed by atoms with Crippen LogP contribution in [0.4, 0.5) is 0 Å². The van der Waals surface area contributed by atoms with Crippen molar-refractivity contribution in [3.8, 4) is 0 Å². The van der Waals surface area contributed by atoms with Gasteiger partial charge in [-0.1, -0.05) is 37.8 Å². The molecule has 0 spiro atoms. The molecule has 0 unspecified atom stereocenters. The van der Waals surface area contributed by atoms with Crippen molar-refractivity contribution in [3.63, 3.8) is 0 Å². The minimum Gasteiger partial charge on any atom is -0.466 e. The van der Waals surface area contributed by atoms with E-state index in [9.17, 15) is 9.59 Å². The first-order valence-corrected chi connectivity index (χ1v) is 9.23. The van der Waals surface area contributed by atoms with E-state index in [-0.39, 0.29) is 11.9 Å². The quantitative estimate of drug-likeness (QED) is 0.210. The maximum atomic E-state index is 11.4. The maximum absolute atomic E-state index is 11.4. The van der Waals surface area contributed by atoms with Crippen LogP contribution in [-0.4, -0.2) is 25.2 Å². The Kier molecular flexibility index (Phi) is 16.6. The maximum Gasteiger partial charge on any atom is 0.305 e. The summed E-state index contributed by atoms with van der Waals surface area (Å²) >= 11 is 0. The molecule has 138 valence electrons. The molecular weight excluding hydrogens is 304 g/mol. The van der Waals surface area contributed by atoms with Crippen LogP contribution in [-0.2, 0) is 19.1 Å². The van der Waals surface area contributed by atoms with Crippen molar-refractivity contribution in [2.45, 2.75) is 77.0 Å². The highest BCUT2D eigenvalue weighted by Crippen LogP contribution is 2.10. The molecule has 0 atom stereocenters. The Balaban J connectivity index is 3.27. The smallest absolute Gasteiger partial charge is 0.305 e. The lowest BCUT2D eigenvalue weighted by molar-refractivity contribution is -0.144. The fraction of sp³-hybridized carbons (Fsp3) is 0.700. The molecule has 4 nitrogen and oxygen atoms in total. The van der Waals surface area contributed by atoms with Crippen molar-refractivity contribution in [2.24, 2.45) is 0 Å². The van der Waals surface area contributed by atoms with Gasteiger partial charge in [0.15, 0.2) is 0 Å². The Morgan fingerprint density at radius 3 is 1.38 bits per heavy atom. The summed E-state index contributed by atoms with van der Waals surface area (Å²) in [5.41, 5.74) is 0. The minimum absolute atomic E-state index is 0.0988. The summed E-state index contributed by atoms with van der Waals surface area (Å²) in [4.78, 5) is 22.9. The first kappa shape index (κ1) is 22.4. The second kappa shape index (κ2) is 17.8. The normalized spacial score (nSPS) is 10.2. The van der Waals surface area contributed by atoms with Gasteiger partial charge in [0.05, 0.1) is 13.2 Å². The molecule has 0 heterocycles. The molecule has 0 radical (unpaired) electrons. The van der Waals surface area contributed by atoms with E-state index in [0.717, 1.165) is 64.2 Å². The Morgan fingerprint density at radius 2 is 1.00 bits per heavy atom. The summed E-state index contributed by atoms with van der Waals surface area (Å²) in [6.45, 7) is 8.25. The van der Waals surface area contributed by atoms with E-state index in [4.69, 9.17) is 9.47 Å². The van der Waals surface area contributed by atoms with Crippen molar-refractivity contribution in [2.75, 3.05) is 13.2 Å². The molecule has 0 aliphatic rings. The highest BCUT2D eigenvalue weighted by Gasteiger charge is 2.03. The van der Waals surface area contributed by atoms with Crippen LogP contribution in [0.3, 0.4) is 0 Å². The Hall–Kier alpha value is -1.58. The van der Waals surface area contributed by atoms with Crippen LogP contribution in [0.1, 0.15) is 77.0 Å². The molecule has 0 aromatic carbocycles. The van der Waals surface area contributed by atoms with Crippen molar-refractivity contribution < 1.29 is 19.1 Å². The van der Waals surface area contributed by atoms with Gasteiger partial charge in [-0.05, 0) is 38.5 Å². The van der Waals surface area contributed by atoms with Gasteiger partial charge in [-0.15, -0.1) is 13.2 Å². The fourth-order valence-electron chi connectivity index (χ4n) is 2.22. The van der Waals surface area contributed by atoms with E-state index in [1.165, 1.54) is 0 Å². The molecule has 0 rings (SSSR count). The van der Waals surface area contributed by atoms with E-state index in [1.807, 2.05) is 12.2 Å². The molecule has 4 heteroatoms. The number of carbonyl (C=O) groups excluding carboxylic acids is 2. The van der Waals surface area contributed by atoms with Gasteiger partial charge in [-0.2, -0.15) is 0 Å². The Morgan fingerprint density at radius 1 is 0.625 bits per heavy atom. The summed E-state index contributed by atoms with van der Waals surface area (Å²) in [5, 5.41) is 0. The summed E-state index contributed by atoms with van der Waals surface area (Å²) in [6, 6.07) is 0. The summed E-state index contributed by atoms with van der Waals surface area (Å²) in [5.74, 6) is -0.198. The van der Waals surface area contributed by atoms with Crippen molar-refractivity contribution in [3.05, 3.63) is 25.3 Å². The second-order valence-electron chi connectivity index (χ2n) is 5.92. The van der Waals surface area contributed by atoms with Crippen LogP contribution in [0.25, 0.3) is 0 Å². The van der Waals surface area contributed by atoms with Crippen molar-refractivity contribution in [1.29, 1.82) is 0 Å². The second-order valence-corrected chi connectivity index (χ2v) is 5.92. The lowest BCUT2D eigenvalue weighted by atomic mass is 10.1. The molecule has 24 heavy (non-hydrogen) atoms. The van der Waals surface area contributed by atoms with E-state index < -0.39 is 0 Å². The van der Waals surface area contributed by atoms with Gasteiger partial charge >= 0.3 is 11.9 Å². The molecule has 0 aromatic heterocycles. The number of rotatable bonds is 17. The van der Waals surface area contributed by atoms with Gasteiger partial charge < -0.3 is 9.47 Å². The zero-order valence-corrected chi connectivity index (χ0v) is 15.1. The molecule has 0 saturated heterocycles. The van der Waals surface area contributed by atoms with Crippen LogP contribution in [0.5, 0.6) is 0 Å². The number of esters is 2. The standard InChI is InChI=1S/C20H34O4/c1-3-5-13-17-23-19(21)15-11-9-7-8-10-12-16-20(22)24-18-14-6-4-2/h3-4H,1-2,5-18H2. The number of hydrogen-bond donors (Lipinski definition) is 0. The molecule has 0 N–H and O–H groups in total. The van der Waals surface area contributed by atoms with E-state index in [0.29, 0.717) is 26.1 Å². The molecule has 0 aliphatic heterocycles. The van der Waals surface area contributed by atoms with Gasteiger partial charge in [0.2, 0.25) is 0 Å². The third-order valence-electron chi connectivity index (χ3n) is 3.64. The van der Waals surface area contributed by atoms with Gasteiger partial charge in [-0.25, -0.2) is 0 Å². The molecule has 0 fully saturated rings. The zero-order valence-electron chi connectivity index (χ0n) is 15.1. The van der Waals surface area contributed by atoms with E-state index in [2.05, 4.69) is 13.2 Å². The third kappa shape index (κ3) is 16.8. The molecule has 0 aliphatic carbocycles. The number of unbranched alkanes of at least 4 members (excludes halogenated alkanes) is 7. The van der Waals surface area contributed by atoms with Crippen molar-refractivity contribution >= 4 is 11.9 Å². The molecule has 0 aromatic rings. The van der Waals surface area contributed by atoms with Crippen LogP contribution in [0, 0.1) is 0 Å². The van der Waals surface area contributed by atoms with Gasteiger partial charge in [-0.3, -0.25) is 9.59 Å². The number of allylic oxidation sites excluding steroid dienone is 2. The highest BCUT2D eigenvalue weighted by atomic mass is 16.5. The summed E-state index contributed by atoms with van der Waals surface area (Å²) in [7, 11) is 0. The topological polar surface area (TPSA) is 52.6 Å². The van der Waals surface area contributed by atoms with Gasteiger partial charge in [0.25, 0.3) is 0 Å².